The molecule has 0 amide bonds. The molecule has 0 aliphatic carbocycles. The minimum atomic E-state index is -5.30. The van der Waals surface area contributed by atoms with Crippen LogP contribution in [0.15, 0.2) is 0 Å². The number of halogens is 2. The van der Waals surface area contributed by atoms with E-state index in [9.17, 15) is 13.3 Å². The molecule has 2 N–H and O–H groups in total. The lowest BCUT2D eigenvalue weighted by atomic mass is 10.3. The number of methoxy groups -OCH3 is 1. The molecule has 0 aromatic carbocycles. The van der Waals surface area contributed by atoms with Gasteiger partial charge in [0.05, 0.1) is 0 Å². The second kappa shape index (κ2) is 4.28. The van der Waals surface area contributed by atoms with Crippen LogP contribution in [0.5, 0.6) is 0 Å². The van der Waals surface area contributed by atoms with Crippen molar-refractivity contribution in [3.05, 3.63) is 0 Å². The van der Waals surface area contributed by atoms with Crippen molar-refractivity contribution in [3.63, 3.8) is 0 Å². The average molecular weight is 204 g/mol. The molecule has 0 aromatic rings. The van der Waals surface area contributed by atoms with Crippen LogP contribution in [0.25, 0.3) is 0 Å². The summed E-state index contributed by atoms with van der Waals surface area (Å²) in [6.07, 6.45) is -0.931. The van der Waals surface area contributed by atoms with Crippen LogP contribution in [-0.2, 0) is 9.30 Å². The molecule has 0 bridgehead atoms. The fourth-order valence-electron chi connectivity index (χ4n) is 0.575. The Morgan fingerprint density at radius 3 is 2.33 bits per heavy atom. The number of rotatable bonds is 5. The van der Waals surface area contributed by atoms with E-state index in [1.807, 2.05) is 0 Å². The van der Waals surface area contributed by atoms with Crippen LogP contribution < -0.4 is 0 Å². The maximum absolute atomic E-state index is 12.4. The Labute approximate surface area is 68.7 Å². The molecule has 0 spiro atoms. The van der Waals surface area contributed by atoms with Gasteiger partial charge in [0.15, 0.2) is 0 Å². The Bertz CT molecular complexity index is 178. The van der Waals surface area contributed by atoms with Crippen molar-refractivity contribution in [2.24, 2.45) is 0 Å². The molecule has 0 rings (SSSR count). The largest absolute Gasteiger partial charge is 0.394 e. The fraction of sp³-hybridized carbons (Fsp3) is 1.00. The molecule has 0 saturated heterocycles. The lowest BCUT2D eigenvalue weighted by Crippen LogP contribution is -2.16. The van der Waals surface area contributed by atoms with Gasteiger partial charge in [-0.15, -0.1) is 0 Å². The molecule has 0 aliphatic rings. The predicted molar refractivity (Wildman–Crippen MR) is 38.1 cm³/mol. The first kappa shape index (κ1) is 12.0. The van der Waals surface area contributed by atoms with Crippen molar-refractivity contribution in [3.8, 4) is 0 Å². The van der Waals surface area contributed by atoms with E-state index in [1.54, 1.807) is 0 Å². The van der Waals surface area contributed by atoms with Gasteiger partial charge in [-0.1, -0.05) is 0 Å². The van der Waals surface area contributed by atoms with Crippen LogP contribution in [-0.4, -0.2) is 29.2 Å². The van der Waals surface area contributed by atoms with Gasteiger partial charge in [0.1, 0.15) is 0 Å². The van der Waals surface area contributed by atoms with Crippen LogP contribution in [0.4, 0.5) is 8.78 Å². The molecule has 74 valence electrons. The zero-order valence-corrected chi connectivity index (χ0v) is 7.43. The summed E-state index contributed by atoms with van der Waals surface area (Å²) in [6, 6.07) is 0. The molecule has 0 saturated carbocycles. The van der Waals surface area contributed by atoms with Gasteiger partial charge in [0.2, 0.25) is 0 Å². The Morgan fingerprint density at radius 1 is 1.50 bits per heavy atom. The molecule has 0 aromatic heterocycles. The topological polar surface area (TPSA) is 66.8 Å². The molecule has 0 unspecified atom stereocenters. The number of alkyl halides is 2. The summed E-state index contributed by atoms with van der Waals surface area (Å²) < 4.78 is 39.5. The summed E-state index contributed by atoms with van der Waals surface area (Å²) in [5.41, 5.74) is -3.93. The third-order valence-corrected chi connectivity index (χ3v) is 2.33. The van der Waals surface area contributed by atoms with Crippen LogP contribution in [0, 0.1) is 0 Å². The maximum Gasteiger partial charge on any atom is 0.394 e. The third-order valence-electron chi connectivity index (χ3n) is 1.25. The second-order valence-electron chi connectivity index (χ2n) is 2.31. The summed E-state index contributed by atoms with van der Waals surface area (Å²) in [6.45, 7) is 0.0651. The second-order valence-corrected chi connectivity index (χ2v) is 4.05. The van der Waals surface area contributed by atoms with Gasteiger partial charge in [0, 0.05) is 20.1 Å². The van der Waals surface area contributed by atoms with E-state index in [0.717, 1.165) is 0 Å². The zero-order chi connectivity index (χ0) is 9.83. The first-order chi connectivity index (χ1) is 5.31. The normalized spacial score (nSPS) is 13.4. The molecule has 0 heterocycles. The van der Waals surface area contributed by atoms with Crippen molar-refractivity contribution in [1.82, 2.24) is 0 Å². The van der Waals surface area contributed by atoms with Gasteiger partial charge in [-0.3, -0.25) is 4.57 Å². The summed E-state index contributed by atoms with van der Waals surface area (Å²) in [7, 11) is -3.97. The van der Waals surface area contributed by atoms with Crippen molar-refractivity contribution in [2.45, 2.75) is 18.5 Å². The van der Waals surface area contributed by atoms with Crippen molar-refractivity contribution in [1.29, 1.82) is 0 Å². The van der Waals surface area contributed by atoms with Crippen LogP contribution >= 0.6 is 7.60 Å². The van der Waals surface area contributed by atoms with Crippen LogP contribution in [0.2, 0.25) is 0 Å². The van der Waals surface area contributed by atoms with Crippen molar-refractivity contribution in [2.75, 3.05) is 13.7 Å². The zero-order valence-electron chi connectivity index (χ0n) is 6.54. The van der Waals surface area contributed by atoms with Crippen LogP contribution in [0.3, 0.4) is 0 Å². The highest BCUT2D eigenvalue weighted by Gasteiger charge is 2.47. The molecule has 0 radical (unpaired) electrons. The Morgan fingerprint density at radius 2 is 2.00 bits per heavy atom. The van der Waals surface area contributed by atoms with Gasteiger partial charge in [-0.05, 0) is 6.42 Å². The third kappa shape index (κ3) is 3.58. The Kier molecular flexibility index (Phi) is 4.26. The predicted octanol–water partition coefficient (Wildman–Crippen LogP) is 1.18. The Hall–Kier alpha value is -0.0300. The van der Waals surface area contributed by atoms with Gasteiger partial charge in [-0.25, -0.2) is 0 Å². The van der Waals surface area contributed by atoms with Gasteiger partial charge in [-0.2, -0.15) is 8.78 Å². The molecule has 0 atom stereocenters. The molecule has 0 aliphatic heterocycles. The molecule has 4 nitrogen and oxygen atoms in total. The monoisotopic (exact) mass is 204 g/mol. The van der Waals surface area contributed by atoms with E-state index in [0.29, 0.717) is 0 Å². The number of hydrogen-bond acceptors (Lipinski definition) is 2. The summed E-state index contributed by atoms with van der Waals surface area (Å²) >= 11 is 0. The first-order valence-corrected chi connectivity index (χ1v) is 4.85. The number of ether oxygens (including phenoxy) is 1. The van der Waals surface area contributed by atoms with Crippen molar-refractivity contribution >= 4 is 7.60 Å². The van der Waals surface area contributed by atoms with Gasteiger partial charge >= 0.3 is 13.3 Å². The lowest BCUT2D eigenvalue weighted by molar-refractivity contribution is 0.0405. The highest BCUT2D eigenvalue weighted by Crippen LogP contribution is 2.55. The summed E-state index contributed by atoms with van der Waals surface area (Å²) in [5, 5.41) is 0. The van der Waals surface area contributed by atoms with E-state index in [2.05, 4.69) is 4.74 Å². The molecule has 12 heavy (non-hydrogen) atoms. The van der Waals surface area contributed by atoms with E-state index >= 15 is 0 Å². The molecule has 0 fully saturated rings. The summed E-state index contributed by atoms with van der Waals surface area (Å²) in [4.78, 5) is 16.3. The summed E-state index contributed by atoms with van der Waals surface area (Å²) in [5.74, 6) is 0. The molecule has 7 heteroatoms. The molecular formula is C5H11F2O4P. The minimum absolute atomic E-state index is 0.0651. The first-order valence-electron chi connectivity index (χ1n) is 3.23. The SMILES string of the molecule is COCCCC(F)(F)P(=O)(O)O. The standard InChI is InChI=1S/C5H11F2O4P/c1-11-4-2-3-5(6,7)12(8,9)10/h2-4H2,1H3,(H2,8,9,10). The maximum atomic E-state index is 12.4. The van der Waals surface area contributed by atoms with Gasteiger partial charge in [0.25, 0.3) is 0 Å². The van der Waals surface area contributed by atoms with E-state index in [1.165, 1.54) is 7.11 Å². The average Bonchev–Trinajstić information content (AvgIpc) is 1.85. The lowest BCUT2D eigenvalue weighted by Gasteiger charge is -2.16. The van der Waals surface area contributed by atoms with E-state index in [-0.39, 0.29) is 13.0 Å². The van der Waals surface area contributed by atoms with Gasteiger partial charge < -0.3 is 14.5 Å². The van der Waals surface area contributed by atoms with E-state index in [4.69, 9.17) is 9.79 Å². The highest BCUT2D eigenvalue weighted by atomic mass is 31.2. The fourth-order valence-corrected chi connectivity index (χ4v) is 1.02. The quantitative estimate of drug-likeness (QED) is 0.521. The smallest absolute Gasteiger partial charge is 0.385 e. The minimum Gasteiger partial charge on any atom is -0.385 e. The number of hydrogen-bond donors (Lipinski definition) is 2. The van der Waals surface area contributed by atoms with E-state index < -0.39 is 19.7 Å². The Balaban J connectivity index is 3.97. The van der Waals surface area contributed by atoms with Crippen LogP contribution in [0.1, 0.15) is 12.8 Å². The highest BCUT2D eigenvalue weighted by molar-refractivity contribution is 7.53. The molecular weight excluding hydrogens is 193 g/mol. The van der Waals surface area contributed by atoms with Crippen molar-refractivity contribution < 1.29 is 27.9 Å².